The molecule has 2 N–H and O–H groups in total. The highest BCUT2D eigenvalue weighted by atomic mass is 79.9. The molecule has 0 aromatic carbocycles. The number of aromatic nitrogens is 1. The summed E-state index contributed by atoms with van der Waals surface area (Å²) >= 11 is 3.49. The fraction of sp³-hybridized carbons (Fsp3) is 0.545. The zero-order valence-corrected chi connectivity index (χ0v) is 10.5. The highest BCUT2D eigenvalue weighted by Gasteiger charge is 2.20. The van der Waals surface area contributed by atoms with Gasteiger partial charge in [-0.25, -0.2) is 4.98 Å². The van der Waals surface area contributed by atoms with Crippen LogP contribution in [0.1, 0.15) is 19.3 Å². The van der Waals surface area contributed by atoms with Gasteiger partial charge < -0.3 is 10.6 Å². The molecule has 0 aliphatic heterocycles. The van der Waals surface area contributed by atoms with Crippen molar-refractivity contribution >= 4 is 27.4 Å². The Balaban J connectivity index is 2.06. The molecule has 0 unspecified atom stereocenters. The highest BCUT2D eigenvalue weighted by molar-refractivity contribution is 9.10. The van der Waals surface area contributed by atoms with Gasteiger partial charge in [0, 0.05) is 13.6 Å². The van der Waals surface area contributed by atoms with Crippen molar-refractivity contribution in [2.45, 2.75) is 19.3 Å². The third kappa shape index (κ3) is 2.43. The average Bonchev–Trinajstić information content (AvgIpc) is 2.11. The predicted octanol–water partition coefficient (Wildman–Crippen LogP) is 2.66. The van der Waals surface area contributed by atoms with Crippen molar-refractivity contribution in [3.8, 4) is 0 Å². The number of nitrogens with two attached hydrogens (primary N) is 1. The van der Waals surface area contributed by atoms with E-state index in [0.717, 1.165) is 22.8 Å². The first kappa shape index (κ1) is 10.7. The molecule has 1 aromatic heterocycles. The summed E-state index contributed by atoms with van der Waals surface area (Å²) in [6.45, 7) is 1.09. The molecule has 82 valence electrons. The predicted molar refractivity (Wildman–Crippen MR) is 67.0 cm³/mol. The molecule has 4 heteroatoms. The van der Waals surface area contributed by atoms with E-state index in [1.807, 2.05) is 6.07 Å². The van der Waals surface area contributed by atoms with Crippen LogP contribution in [0.5, 0.6) is 0 Å². The Morgan fingerprint density at radius 3 is 2.87 bits per heavy atom. The summed E-state index contributed by atoms with van der Waals surface area (Å²) in [6, 6.07) is 1.90. The maximum atomic E-state index is 5.66. The van der Waals surface area contributed by atoms with Crippen molar-refractivity contribution in [3.05, 3.63) is 16.7 Å². The molecule has 0 spiro atoms. The molecule has 1 fully saturated rings. The van der Waals surface area contributed by atoms with Gasteiger partial charge in [0.1, 0.15) is 5.82 Å². The van der Waals surface area contributed by atoms with Gasteiger partial charge in [-0.15, -0.1) is 0 Å². The molecular formula is C11H16BrN3. The smallest absolute Gasteiger partial charge is 0.142 e. The molecule has 0 amide bonds. The van der Waals surface area contributed by atoms with Crippen LogP contribution in [0.4, 0.5) is 11.5 Å². The lowest BCUT2D eigenvalue weighted by Gasteiger charge is -2.31. The van der Waals surface area contributed by atoms with E-state index in [4.69, 9.17) is 5.73 Å². The molecule has 3 nitrogen and oxygen atoms in total. The maximum Gasteiger partial charge on any atom is 0.142 e. The van der Waals surface area contributed by atoms with Gasteiger partial charge in [0.05, 0.1) is 16.4 Å². The summed E-state index contributed by atoms with van der Waals surface area (Å²) in [5.74, 6) is 1.83. The van der Waals surface area contributed by atoms with Crippen molar-refractivity contribution in [2.24, 2.45) is 5.92 Å². The molecule has 0 bridgehead atoms. The number of anilines is 2. The van der Waals surface area contributed by atoms with Gasteiger partial charge in [-0.2, -0.15) is 0 Å². The third-order valence-corrected chi connectivity index (χ3v) is 3.54. The third-order valence-electron chi connectivity index (χ3n) is 2.96. The van der Waals surface area contributed by atoms with Gasteiger partial charge in [-0.1, -0.05) is 6.42 Å². The van der Waals surface area contributed by atoms with E-state index in [1.165, 1.54) is 19.3 Å². The monoisotopic (exact) mass is 269 g/mol. The summed E-state index contributed by atoms with van der Waals surface area (Å²) in [7, 11) is 2.08. The lowest BCUT2D eigenvalue weighted by Crippen LogP contribution is -2.30. The fourth-order valence-corrected chi connectivity index (χ4v) is 2.54. The van der Waals surface area contributed by atoms with Gasteiger partial charge in [0.25, 0.3) is 0 Å². The van der Waals surface area contributed by atoms with Crippen LogP contribution in [0.3, 0.4) is 0 Å². The second kappa shape index (κ2) is 4.39. The molecule has 1 aromatic rings. The number of rotatable bonds is 3. The van der Waals surface area contributed by atoms with E-state index in [9.17, 15) is 0 Å². The van der Waals surface area contributed by atoms with Crippen LogP contribution in [-0.4, -0.2) is 18.6 Å². The van der Waals surface area contributed by atoms with Crippen LogP contribution in [0, 0.1) is 5.92 Å². The summed E-state index contributed by atoms with van der Waals surface area (Å²) in [5.41, 5.74) is 6.35. The van der Waals surface area contributed by atoms with Crippen molar-refractivity contribution in [3.63, 3.8) is 0 Å². The van der Waals surface area contributed by atoms with E-state index in [2.05, 4.69) is 32.9 Å². The Bertz CT molecular complexity index is 350. The molecule has 0 radical (unpaired) electrons. The second-order valence-corrected chi connectivity index (χ2v) is 5.11. The Morgan fingerprint density at radius 1 is 1.60 bits per heavy atom. The van der Waals surface area contributed by atoms with Crippen LogP contribution in [0.2, 0.25) is 0 Å². The second-order valence-electron chi connectivity index (χ2n) is 4.25. The topological polar surface area (TPSA) is 42.2 Å². The van der Waals surface area contributed by atoms with Crippen LogP contribution in [-0.2, 0) is 0 Å². The molecule has 0 atom stereocenters. The van der Waals surface area contributed by atoms with Crippen molar-refractivity contribution in [2.75, 3.05) is 24.2 Å². The van der Waals surface area contributed by atoms with Crippen molar-refractivity contribution in [1.29, 1.82) is 0 Å². The molecule has 1 aliphatic carbocycles. The zero-order valence-electron chi connectivity index (χ0n) is 8.91. The average molecular weight is 270 g/mol. The highest BCUT2D eigenvalue weighted by Crippen LogP contribution is 2.30. The summed E-state index contributed by atoms with van der Waals surface area (Å²) in [4.78, 5) is 6.54. The number of halogens is 1. The van der Waals surface area contributed by atoms with E-state index in [0.29, 0.717) is 5.69 Å². The van der Waals surface area contributed by atoms with E-state index in [1.54, 1.807) is 6.20 Å². The minimum absolute atomic E-state index is 0.697. The first-order valence-corrected chi connectivity index (χ1v) is 6.08. The lowest BCUT2D eigenvalue weighted by atomic mass is 9.85. The molecule has 15 heavy (non-hydrogen) atoms. The maximum absolute atomic E-state index is 5.66. The van der Waals surface area contributed by atoms with E-state index < -0.39 is 0 Å². The summed E-state index contributed by atoms with van der Waals surface area (Å²) < 4.78 is 0.976. The zero-order chi connectivity index (χ0) is 10.8. The molecule has 0 saturated heterocycles. The Labute approximate surface area is 98.8 Å². The van der Waals surface area contributed by atoms with E-state index >= 15 is 0 Å². The van der Waals surface area contributed by atoms with E-state index in [-0.39, 0.29) is 0 Å². The van der Waals surface area contributed by atoms with Crippen molar-refractivity contribution in [1.82, 2.24) is 4.98 Å². The first-order chi connectivity index (χ1) is 7.16. The Kier molecular flexibility index (Phi) is 3.14. The molecular weight excluding hydrogens is 254 g/mol. The molecule has 1 saturated carbocycles. The minimum Gasteiger partial charge on any atom is -0.397 e. The Morgan fingerprint density at radius 2 is 2.33 bits per heavy atom. The van der Waals surface area contributed by atoms with Gasteiger partial charge in [0.2, 0.25) is 0 Å². The van der Waals surface area contributed by atoms with Crippen molar-refractivity contribution < 1.29 is 0 Å². The fourth-order valence-electron chi connectivity index (χ4n) is 1.88. The molecule has 2 rings (SSSR count). The van der Waals surface area contributed by atoms with Gasteiger partial charge in [0.15, 0.2) is 0 Å². The first-order valence-electron chi connectivity index (χ1n) is 5.29. The number of hydrogen-bond donors (Lipinski definition) is 1. The lowest BCUT2D eigenvalue weighted by molar-refractivity contribution is 0.321. The molecule has 1 aliphatic rings. The number of nitrogens with zero attached hydrogens (tertiary/aromatic N) is 2. The largest absolute Gasteiger partial charge is 0.397 e. The van der Waals surface area contributed by atoms with Gasteiger partial charge >= 0.3 is 0 Å². The normalized spacial score (nSPS) is 16.1. The minimum atomic E-state index is 0.697. The molecule has 1 heterocycles. The van der Waals surface area contributed by atoms with Crippen LogP contribution < -0.4 is 10.6 Å². The summed E-state index contributed by atoms with van der Waals surface area (Å²) in [6.07, 6.45) is 5.81. The van der Waals surface area contributed by atoms with Gasteiger partial charge in [-0.3, -0.25) is 0 Å². The SMILES string of the molecule is CN(CC1CCC1)c1ncc(N)cc1Br. The standard InChI is InChI=1S/C11H16BrN3/c1-15(7-8-3-2-4-8)11-10(12)5-9(13)6-14-11/h5-6,8H,2-4,7,13H2,1H3. The Hall–Kier alpha value is -0.770. The number of pyridine rings is 1. The number of hydrogen-bond acceptors (Lipinski definition) is 3. The quantitative estimate of drug-likeness (QED) is 0.918. The summed E-state index contributed by atoms with van der Waals surface area (Å²) in [5, 5.41) is 0. The van der Waals surface area contributed by atoms with Crippen LogP contribution >= 0.6 is 15.9 Å². The van der Waals surface area contributed by atoms with Crippen LogP contribution in [0.25, 0.3) is 0 Å². The van der Waals surface area contributed by atoms with Gasteiger partial charge in [-0.05, 0) is 40.8 Å². The number of nitrogen functional groups attached to an aromatic ring is 1. The van der Waals surface area contributed by atoms with Crippen LogP contribution in [0.15, 0.2) is 16.7 Å².